The molecule has 1 aliphatic rings. The van der Waals surface area contributed by atoms with Gasteiger partial charge in [-0.1, -0.05) is 39.7 Å². The number of ether oxygens (including phenoxy) is 2. The third-order valence-electron chi connectivity index (χ3n) is 3.30. The maximum Gasteiger partial charge on any atom is 0.161 e. The van der Waals surface area contributed by atoms with E-state index < -0.39 is 0 Å². The summed E-state index contributed by atoms with van der Waals surface area (Å²) in [6.07, 6.45) is 0.882. The normalized spacial score (nSPS) is 15.4. The Hall–Kier alpha value is -0.900. The van der Waals surface area contributed by atoms with Crippen molar-refractivity contribution >= 4 is 39.1 Å². The number of alkyl halides is 1. The van der Waals surface area contributed by atoms with Gasteiger partial charge in [-0.05, 0) is 35.4 Å². The topological polar surface area (TPSA) is 18.5 Å². The van der Waals surface area contributed by atoms with Gasteiger partial charge in [-0.2, -0.15) is 0 Å². The average molecular weight is 388 g/mol. The molecule has 110 valence electrons. The molecular formula is C16H13BrCl2O2. The van der Waals surface area contributed by atoms with Gasteiger partial charge in [-0.3, -0.25) is 0 Å². The summed E-state index contributed by atoms with van der Waals surface area (Å²) in [5.74, 6) is 1.51. The molecule has 0 N–H and O–H groups in total. The van der Waals surface area contributed by atoms with Crippen LogP contribution in [0, 0.1) is 0 Å². The highest BCUT2D eigenvalue weighted by Crippen LogP contribution is 2.39. The standard InChI is InChI=1S/C16H13BrCl2O2/c17-11-3-4-12(13(18)9-11)16(19)10-2-5-14-15(8-10)21-7-1-6-20-14/h2-5,8-9,16H,1,6-7H2. The Morgan fingerprint density at radius 3 is 2.52 bits per heavy atom. The monoisotopic (exact) mass is 386 g/mol. The molecule has 0 bridgehead atoms. The molecule has 1 unspecified atom stereocenters. The van der Waals surface area contributed by atoms with E-state index in [9.17, 15) is 0 Å². The minimum absolute atomic E-state index is 0.331. The van der Waals surface area contributed by atoms with Crippen LogP contribution in [0.3, 0.4) is 0 Å². The van der Waals surface area contributed by atoms with Gasteiger partial charge in [-0.15, -0.1) is 11.6 Å². The fourth-order valence-corrected chi connectivity index (χ4v) is 3.39. The second kappa shape index (κ2) is 6.47. The van der Waals surface area contributed by atoms with Gasteiger partial charge in [0.25, 0.3) is 0 Å². The second-order valence-electron chi connectivity index (χ2n) is 4.79. The molecule has 5 heteroatoms. The number of benzene rings is 2. The van der Waals surface area contributed by atoms with Gasteiger partial charge in [0.05, 0.1) is 18.6 Å². The maximum absolute atomic E-state index is 6.58. The first-order valence-electron chi connectivity index (χ1n) is 6.64. The molecule has 0 spiro atoms. The van der Waals surface area contributed by atoms with E-state index in [4.69, 9.17) is 32.7 Å². The van der Waals surface area contributed by atoms with Crippen molar-refractivity contribution in [1.82, 2.24) is 0 Å². The van der Waals surface area contributed by atoms with Crippen LogP contribution in [0.4, 0.5) is 0 Å². The predicted molar refractivity (Wildman–Crippen MR) is 88.9 cm³/mol. The van der Waals surface area contributed by atoms with E-state index >= 15 is 0 Å². The predicted octanol–water partition coefficient (Wildman–Crippen LogP) is 5.59. The van der Waals surface area contributed by atoms with E-state index in [2.05, 4.69) is 15.9 Å². The molecule has 0 fully saturated rings. The van der Waals surface area contributed by atoms with Crippen molar-refractivity contribution in [2.24, 2.45) is 0 Å². The van der Waals surface area contributed by atoms with E-state index in [1.807, 2.05) is 36.4 Å². The van der Waals surface area contributed by atoms with E-state index in [-0.39, 0.29) is 5.38 Å². The highest BCUT2D eigenvalue weighted by atomic mass is 79.9. The Kier molecular flexibility index (Phi) is 4.63. The van der Waals surface area contributed by atoms with Gasteiger partial charge in [0, 0.05) is 15.9 Å². The van der Waals surface area contributed by atoms with E-state index in [1.54, 1.807) is 0 Å². The van der Waals surface area contributed by atoms with Crippen molar-refractivity contribution in [3.05, 3.63) is 57.0 Å². The quantitative estimate of drug-likeness (QED) is 0.625. The van der Waals surface area contributed by atoms with Crippen molar-refractivity contribution in [1.29, 1.82) is 0 Å². The van der Waals surface area contributed by atoms with Crippen molar-refractivity contribution < 1.29 is 9.47 Å². The molecule has 3 rings (SSSR count). The zero-order chi connectivity index (χ0) is 14.8. The Morgan fingerprint density at radius 2 is 1.76 bits per heavy atom. The molecule has 2 nitrogen and oxygen atoms in total. The lowest BCUT2D eigenvalue weighted by Gasteiger charge is -2.15. The molecule has 0 radical (unpaired) electrons. The lowest BCUT2D eigenvalue weighted by atomic mass is 10.0. The summed E-state index contributed by atoms with van der Waals surface area (Å²) in [5.41, 5.74) is 1.81. The van der Waals surface area contributed by atoms with Crippen LogP contribution >= 0.6 is 39.1 Å². The number of halogens is 3. The van der Waals surface area contributed by atoms with Gasteiger partial charge in [0.1, 0.15) is 0 Å². The third kappa shape index (κ3) is 3.31. The van der Waals surface area contributed by atoms with Crippen LogP contribution in [0.1, 0.15) is 22.9 Å². The molecule has 0 aromatic heterocycles. The molecule has 2 aromatic rings. The number of fused-ring (bicyclic) bond motifs is 1. The molecule has 2 aromatic carbocycles. The van der Waals surface area contributed by atoms with Crippen molar-refractivity contribution in [3.63, 3.8) is 0 Å². The molecule has 21 heavy (non-hydrogen) atoms. The molecule has 1 heterocycles. The summed E-state index contributed by atoms with van der Waals surface area (Å²) in [7, 11) is 0. The summed E-state index contributed by atoms with van der Waals surface area (Å²) in [5, 5.41) is 0.305. The first-order valence-corrected chi connectivity index (χ1v) is 8.24. The summed E-state index contributed by atoms with van der Waals surface area (Å²) in [6, 6.07) is 11.5. The maximum atomic E-state index is 6.58. The number of hydrogen-bond donors (Lipinski definition) is 0. The fraction of sp³-hybridized carbons (Fsp3) is 0.250. The fourth-order valence-electron chi connectivity index (χ4n) is 2.22. The molecule has 0 saturated heterocycles. The van der Waals surface area contributed by atoms with Crippen molar-refractivity contribution in [2.45, 2.75) is 11.8 Å². The zero-order valence-electron chi connectivity index (χ0n) is 11.1. The van der Waals surface area contributed by atoms with Crippen LogP contribution < -0.4 is 9.47 Å². The highest BCUT2D eigenvalue weighted by molar-refractivity contribution is 9.10. The summed E-state index contributed by atoms with van der Waals surface area (Å²) in [4.78, 5) is 0. The summed E-state index contributed by atoms with van der Waals surface area (Å²) < 4.78 is 12.3. The number of hydrogen-bond acceptors (Lipinski definition) is 2. The van der Waals surface area contributed by atoms with E-state index in [1.165, 1.54) is 0 Å². The lowest BCUT2D eigenvalue weighted by molar-refractivity contribution is 0.297. The smallest absolute Gasteiger partial charge is 0.161 e. The van der Waals surface area contributed by atoms with Crippen molar-refractivity contribution in [3.8, 4) is 11.5 Å². The summed E-state index contributed by atoms with van der Waals surface area (Å²) in [6.45, 7) is 1.33. The zero-order valence-corrected chi connectivity index (χ0v) is 14.2. The first-order chi connectivity index (χ1) is 10.1. The summed E-state index contributed by atoms with van der Waals surface area (Å²) >= 11 is 16.2. The van der Waals surface area contributed by atoms with Crippen LogP contribution in [0.25, 0.3) is 0 Å². The molecular weight excluding hydrogens is 375 g/mol. The average Bonchev–Trinajstić information content (AvgIpc) is 2.71. The van der Waals surface area contributed by atoms with Crippen LogP contribution in [-0.2, 0) is 0 Å². The van der Waals surface area contributed by atoms with Gasteiger partial charge >= 0.3 is 0 Å². The largest absolute Gasteiger partial charge is 0.490 e. The Morgan fingerprint density at radius 1 is 1.00 bits per heavy atom. The minimum atomic E-state index is -0.331. The van der Waals surface area contributed by atoms with E-state index in [0.717, 1.165) is 33.5 Å². The van der Waals surface area contributed by atoms with Crippen molar-refractivity contribution in [2.75, 3.05) is 13.2 Å². The Balaban J connectivity index is 1.94. The number of rotatable bonds is 2. The Labute approximate surface area is 142 Å². The molecule has 1 atom stereocenters. The van der Waals surface area contributed by atoms with Crippen LogP contribution in [0.5, 0.6) is 11.5 Å². The van der Waals surface area contributed by atoms with Gasteiger partial charge in [0.15, 0.2) is 11.5 Å². The molecule has 1 aliphatic heterocycles. The molecule has 0 amide bonds. The SMILES string of the molecule is Clc1cc(Br)ccc1C(Cl)c1ccc2c(c1)OCCCO2. The van der Waals surface area contributed by atoms with Gasteiger partial charge in [0.2, 0.25) is 0 Å². The van der Waals surface area contributed by atoms with Crippen LogP contribution in [0.2, 0.25) is 5.02 Å². The highest BCUT2D eigenvalue weighted by Gasteiger charge is 2.18. The third-order valence-corrected chi connectivity index (χ3v) is 4.61. The molecule has 0 saturated carbocycles. The van der Waals surface area contributed by atoms with Crippen LogP contribution in [-0.4, -0.2) is 13.2 Å². The molecule has 0 aliphatic carbocycles. The van der Waals surface area contributed by atoms with Crippen LogP contribution in [0.15, 0.2) is 40.9 Å². The minimum Gasteiger partial charge on any atom is -0.490 e. The van der Waals surface area contributed by atoms with Gasteiger partial charge in [-0.25, -0.2) is 0 Å². The second-order valence-corrected chi connectivity index (χ2v) is 6.54. The Bertz CT molecular complexity index is 661. The lowest BCUT2D eigenvalue weighted by Crippen LogP contribution is -1.98. The first kappa shape index (κ1) is 15.0. The van der Waals surface area contributed by atoms with Gasteiger partial charge < -0.3 is 9.47 Å². The van der Waals surface area contributed by atoms with E-state index in [0.29, 0.717) is 18.2 Å².